The number of hydrogen-bond donors (Lipinski definition) is 14. The summed E-state index contributed by atoms with van der Waals surface area (Å²) in [6.07, 6.45) is 5.05. The van der Waals surface area contributed by atoms with Crippen LogP contribution >= 0.6 is 23.5 Å². The van der Waals surface area contributed by atoms with Crippen molar-refractivity contribution in [3.63, 3.8) is 0 Å². The average Bonchev–Trinajstić information content (AvgIpc) is 1.61. The summed E-state index contributed by atoms with van der Waals surface area (Å²) < 4.78 is 30.1. The number of carboxylic acids is 1. The number of hydrogen-bond acceptors (Lipinski definition) is 15. The fourth-order valence-electron chi connectivity index (χ4n) is 12.6. The third kappa shape index (κ3) is 20.7. The van der Waals surface area contributed by atoms with Gasteiger partial charge in [0.05, 0.1) is 12.7 Å². The summed E-state index contributed by atoms with van der Waals surface area (Å²) in [4.78, 5) is 161. The van der Waals surface area contributed by atoms with E-state index in [0.29, 0.717) is 82.1 Å². The maximum Gasteiger partial charge on any atom is 0.305 e. The number of aliphatic carboxylic acids is 1. The number of aromatic hydroxyl groups is 1. The third-order valence-electron chi connectivity index (χ3n) is 18.1. The molecule has 102 heavy (non-hydrogen) atoms. The van der Waals surface area contributed by atoms with Crippen LogP contribution in [0.2, 0.25) is 0 Å². The number of carbonyl (C=O) groups excluding carboxylic acids is 9. The first kappa shape index (κ1) is 76.4. The lowest BCUT2D eigenvalue weighted by Crippen LogP contribution is -2.63. The van der Waals surface area contributed by atoms with E-state index in [-0.39, 0.29) is 68.3 Å². The van der Waals surface area contributed by atoms with Gasteiger partial charge >= 0.3 is 5.97 Å². The van der Waals surface area contributed by atoms with E-state index in [4.69, 9.17) is 5.73 Å². The van der Waals surface area contributed by atoms with E-state index in [1.165, 1.54) is 90.1 Å². The van der Waals surface area contributed by atoms with Gasteiger partial charge in [-0.1, -0.05) is 57.2 Å². The van der Waals surface area contributed by atoms with Crippen molar-refractivity contribution in [2.24, 2.45) is 11.1 Å². The number of H-pyrrole nitrogens is 3. The maximum atomic E-state index is 15.4. The van der Waals surface area contributed by atoms with E-state index < -0.39 is 137 Å². The lowest BCUT2D eigenvalue weighted by atomic mass is 9.85. The molecular formula is C72H88F2N14O12S2. The number of nitrogens with two attached hydrogens (primary N) is 1. The van der Waals surface area contributed by atoms with Gasteiger partial charge in [0.25, 0.3) is 0 Å². The summed E-state index contributed by atoms with van der Waals surface area (Å²) in [5.74, 6) is -8.31. The first-order valence-corrected chi connectivity index (χ1v) is 36.2. The zero-order chi connectivity index (χ0) is 73.3. The Morgan fingerprint density at radius 3 is 1.78 bits per heavy atom. The Kier molecular flexibility index (Phi) is 26.3. The molecule has 2 bridgehead atoms. The van der Waals surface area contributed by atoms with Gasteiger partial charge in [0, 0.05) is 114 Å². The Labute approximate surface area is 596 Å². The number of nitrogens with zero attached hydrogens (tertiary/aromatic N) is 2. The molecule has 0 aliphatic carbocycles. The Hall–Kier alpha value is -9.81. The minimum atomic E-state index is -2.02. The van der Waals surface area contributed by atoms with Gasteiger partial charge < -0.3 is 78.3 Å². The first-order valence-electron chi connectivity index (χ1n) is 33.9. The summed E-state index contributed by atoms with van der Waals surface area (Å²) in [6.45, 7) is 7.36. The minimum absolute atomic E-state index is 0.0446. The lowest BCUT2D eigenvalue weighted by molar-refractivity contribution is -0.146. The fraction of sp³-hybridized carbons (Fsp3) is 0.431. The first-order chi connectivity index (χ1) is 48.7. The quantitative estimate of drug-likeness (QED) is 0.0654. The van der Waals surface area contributed by atoms with Crippen LogP contribution in [0.15, 0.2) is 110 Å². The van der Waals surface area contributed by atoms with Crippen molar-refractivity contribution in [3.8, 4) is 5.75 Å². The summed E-state index contributed by atoms with van der Waals surface area (Å²) in [5, 5.41) is 43.2. The number of imidazole rings is 1. The zero-order valence-electron chi connectivity index (χ0n) is 57.2. The molecule has 7 aromatic rings. The van der Waals surface area contributed by atoms with Crippen LogP contribution in [0.4, 0.5) is 8.78 Å². The van der Waals surface area contributed by atoms with Crippen molar-refractivity contribution in [1.82, 2.24) is 67.4 Å². The van der Waals surface area contributed by atoms with Gasteiger partial charge in [-0.15, -0.1) is 0 Å². The highest BCUT2D eigenvalue weighted by Gasteiger charge is 2.48. The molecule has 1 saturated heterocycles. The average molecular weight is 1440 g/mol. The molecule has 4 aromatic carbocycles. The second kappa shape index (κ2) is 35.2. The molecule has 544 valence electrons. The van der Waals surface area contributed by atoms with Crippen molar-refractivity contribution in [3.05, 3.63) is 155 Å². The normalized spacial score (nSPS) is 22.8. The fourth-order valence-corrected chi connectivity index (χ4v) is 14.3. The Balaban J connectivity index is 1.08. The molecule has 3 aromatic heterocycles. The van der Waals surface area contributed by atoms with Crippen molar-refractivity contribution < 1.29 is 66.9 Å². The molecule has 0 unspecified atom stereocenters. The van der Waals surface area contributed by atoms with E-state index in [0.717, 1.165) is 11.1 Å². The standard InChI is InChI=1S/C72H88F2N14O12S2/c1-71(2,3)62-68(98)85-56(30-45-36-79-53-19-15-47(74)32-51(45)53)65(95)82-55(29-44-35-78-52-18-14-46(73)31-50(44)52)64(94)84-58(34-61(91)92)67(97)83-57(33-48-37-76-40-80-48)66(96)86-59(28-41-12-16-49(89)17-13-41)69(99)88-24-8-21-72(88,4)70(100)77-23-26-102-39-43-10-7-9-42(27-43)38-101-25-20-60(90)81-54(63(93)87-62)11-5-6-22-75/h7,9-10,12-19,27,31-32,35-37,40,54-59,62,78-79,89H,5-6,8,11,20-26,28-30,33-34,38-39,75H2,1-4H3,(H,76,80)(H,77,100)(H,81,90)(H,82,95)(H,83,97)(H,84,94)(H,85,98)(H,86,96)(H,87,93)(H,91,92)/t54-,55-,56-,57-,58-,59-,62-,72-/m0/s1. The second-order valence-electron chi connectivity index (χ2n) is 27.0. The smallest absolute Gasteiger partial charge is 0.305 e. The van der Waals surface area contributed by atoms with Gasteiger partial charge in [0.1, 0.15) is 65.2 Å². The summed E-state index contributed by atoms with van der Waals surface area (Å²) in [6, 6.07) is 10.6. The molecule has 8 atom stereocenters. The third-order valence-corrected chi connectivity index (χ3v) is 20.2. The molecule has 0 spiro atoms. The van der Waals surface area contributed by atoms with E-state index in [2.05, 4.69) is 68.5 Å². The topological polar surface area (TPSA) is 397 Å². The molecular weight excluding hydrogens is 1360 g/mol. The number of phenolic OH excluding ortho intramolecular Hbond substituents is 1. The number of aromatic nitrogens is 4. The van der Waals surface area contributed by atoms with Crippen LogP contribution in [0.25, 0.3) is 21.8 Å². The number of nitrogens with one attached hydrogen (secondary N) is 11. The van der Waals surface area contributed by atoms with Crippen LogP contribution in [0.3, 0.4) is 0 Å². The molecule has 1 fully saturated rings. The van der Waals surface area contributed by atoms with Crippen molar-refractivity contribution >= 4 is 104 Å². The number of unbranched alkanes of at least 4 members (excludes halogenated alkanes) is 1. The van der Waals surface area contributed by atoms with Gasteiger partial charge in [-0.2, -0.15) is 23.5 Å². The van der Waals surface area contributed by atoms with E-state index in [1.54, 1.807) is 51.6 Å². The summed E-state index contributed by atoms with van der Waals surface area (Å²) >= 11 is 3.11. The number of phenols is 1. The number of benzene rings is 4. The molecule has 9 amide bonds. The number of thioether (sulfide) groups is 2. The van der Waals surface area contributed by atoms with Crippen LogP contribution in [0, 0.1) is 17.0 Å². The molecule has 0 saturated carbocycles. The van der Waals surface area contributed by atoms with Crippen LogP contribution in [0.5, 0.6) is 5.75 Å². The molecule has 2 aliphatic rings. The SMILES string of the molecule is CC(C)(C)[C@H]1NC(=O)[C@H](CCCCN)NC(=O)CCSCc2cccc(c2)CSCCNC(=O)[C@]2(C)CCCN2C(=O)[C@H](Cc2ccc(O)cc2)NC(=O)[C@H](Cc2cnc[nH]2)NC(=O)[C@H](CC(=O)O)NC(=O)[C@H](Cc2c[nH]c3ccc(F)cc23)NC(=O)[C@H](Cc2c[nH]c3ccc(F)cc23)NC1=O. The lowest BCUT2D eigenvalue weighted by Gasteiger charge is -2.36. The predicted octanol–water partition coefficient (Wildman–Crippen LogP) is 4.74. The molecule has 30 heteroatoms. The number of carboxylic acid groups (broad SMARTS) is 1. The molecule has 15 N–H and O–H groups in total. The largest absolute Gasteiger partial charge is 0.508 e. The van der Waals surface area contributed by atoms with Crippen LogP contribution in [-0.4, -0.2) is 173 Å². The summed E-state index contributed by atoms with van der Waals surface area (Å²) in [7, 11) is 0. The van der Waals surface area contributed by atoms with Crippen LogP contribution < -0.4 is 48.3 Å². The Morgan fingerprint density at radius 2 is 1.21 bits per heavy atom. The molecule has 26 nitrogen and oxygen atoms in total. The monoisotopic (exact) mass is 1440 g/mol. The minimum Gasteiger partial charge on any atom is -0.508 e. The van der Waals surface area contributed by atoms with Crippen LogP contribution in [0.1, 0.15) is 106 Å². The van der Waals surface area contributed by atoms with Crippen LogP contribution in [-0.2, 0) is 85.1 Å². The molecule has 2 aliphatic heterocycles. The van der Waals surface area contributed by atoms with Crippen molar-refractivity contribution in [2.75, 3.05) is 31.1 Å². The number of amides is 9. The maximum absolute atomic E-state index is 15.4. The molecule has 0 radical (unpaired) electrons. The van der Waals surface area contributed by atoms with E-state index in [1.807, 2.05) is 18.2 Å². The summed E-state index contributed by atoms with van der Waals surface area (Å²) in [5.41, 5.74) is 7.68. The molecule has 5 heterocycles. The van der Waals surface area contributed by atoms with Gasteiger partial charge in [0.15, 0.2) is 0 Å². The highest BCUT2D eigenvalue weighted by atomic mass is 32.2. The number of halogens is 2. The van der Waals surface area contributed by atoms with Gasteiger partial charge in [-0.05, 0) is 127 Å². The number of rotatable bonds is 14. The number of carbonyl (C=O) groups is 10. The Morgan fingerprint density at radius 1 is 0.647 bits per heavy atom. The van der Waals surface area contributed by atoms with Gasteiger partial charge in [-0.25, -0.2) is 13.8 Å². The number of fused-ring (bicyclic) bond motifs is 5. The van der Waals surface area contributed by atoms with Crippen molar-refractivity contribution in [2.45, 2.75) is 158 Å². The predicted molar refractivity (Wildman–Crippen MR) is 382 cm³/mol. The number of aromatic amines is 3. The van der Waals surface area contributed by atoms with E-state index >= 15 is 32.8 Å². The Bertz CT molecular complexity index is 4150. The highest BCUT2D eigenvalue weighted by Crippen LogP contribution is 2.32. The highest BCUT2D eigenvalue weighted by molar-refractivity contribution is 7.98. The van der Waals surface area contributed by atoms with Gasteiger partial charge in [0.2, 0.25) is 53.2 Å². The molecule has 9 rings (SSSR count). The van der Waals surface area contributed by atoms with Gasteiger partial charge in [-0.3, -0.25) is 47.9 Å². The van der Waals surface area contributed by atoms with E-state index in [9.17, 15) is 34.2 Å². The van der Waals surface area contributed by atoms with Crippen molar-refractivity contribution in [1.29, 1.82) is 0 Å². The zero-order valence-corrected chi connectivity index (χ0v) is 58.8. The second-order valence-corrected chi connectivity index (χ2v) is 29.2.